The molecule has 3 rings (SSSR count). The lowest BCUT2D eigenvalue weighted by atomic mass is 10.2. The zero-order valence-corrected chi connectivity index (χ0v) is 19.5. The Labute approximate surface area is 202 Å². The van der Waals surface area contributed by atoms with Crippen molar-refractivity contribution in [1.29, 1.82) is 0 Å². The Hall–Kier alpha value is -3.20. The molecular weight excluding hydrogens is 494 g/mol. The van der Waals surface area contributed by atoms with Crippen LogP contribution in [0.4, 0.5) is 38.0 Å². The molecule has 3 N–H and O–H groups in total. The van der Waals surface area contributed by atoms with Gasteiger partial charge in [0.15, 0.2) is 0 Å². The van der Waals surface area contributed by atoms with E-state index in [9.17, 15) is 31.1 Å². The third-order valence-corrected chi connectivity index (χ3v) is 5.54. The first-order valence-corrected chi connectivity index (χ1v) is 11.0. The van der Waals surface area contributed by atoms with Crippen molar-refractivity contribution in [2.75, 3.05) is 43.1 Å². The predicted molar refractivity (Wildman–Crippen MR) is 120 cm³/mol. The molecule has 0 radical (unpaired) electrons. The largest absolute Gasteiger partial charge is 0.423 e. The van der Waals surface area contributed by atoms with Gasteiger partial charge in [0.1, 0.15) is 5.56 Å². The maximum atomic E-state index is 13.1. The minimum Gasteiger partial charge on any atom is -0.377 e. The number of aromatic nitrogens is 4. The fourth-order valence-electron chi connectivity index (χ4n) is 3.69. The molecule has 9 nitrogen and oxygen atoms in total. The zero-order valence-electron chi connectivity index (χ0n) is 19.5. The number of alkyl halides is 6. The fraction of sp³-hybridized carbons (Fsp3) is 0.524. The fourth-order valence-corrected chi connectivity index (χ4v) is 3.69. The molecule has 0 saturated carbocycles. The van der Waals surface area contributed by atoms with Crippen LogP contribution in [0, 0.1) is 0 Å². The molecule has 1 saturated heterocycles. The number of anilines is 2. The van der Waals surface area contributed by atoms with E-state index in [1.165, 1.54) is 0 Å². The van der Waals surface area contributed by atoms with Crippen molar-refractivity contribution < 1.29 is 26.3 Å². The summed E-state index contributed by atoms with van der Waals surface area (Å²) in [6, 6.07) is -0.422. The van der Waals surface area contributed by atoms with E-state index in [1.807, 2.05) is 11.8 Å². The minimum atomic E-state index is -4.82. The van der Waals surface area contributed by atoms with Crippen LogP contribution < -0.4 is 21.1 Å². The standard InChI is InChI=1S/C21H26F6N8O/c1-13(32-16-10-31-33-18(36)17(16)21(25,26)27)4-3-5-28-12-35-7-6-34(11-14(35)2)19-29-8-15(9-30-19)20(22,23)24/h3-4,8-10,13-14,28H,5-7,11-12H2,1-2H3,(H2,32,33,36)/b4-3+/t13-,14?/m0/s1. The van der Waals surface area contributed by atoms with Crippen LogP contribution in [0.25, 0.3) is 0 Å². The van der Waals surface area contributed by atoms with Gasteiger partial charge < -0.3 is 15.5 Å². The number of rotatable bonds is 8. The van der Waals surface area contributed by atoms with E-state index >= 15 is 0 Å². The van der Waals surface area contributed by atoms with E-state index in [0.29, 0.717) is 32.8 Å². The molecule has 1 fully saturated rings. The van der Waals surface area contributed by atoms with Crippen molar-refractivity contribution in [2.45, 2.75) is 38.3 Å². The summed E-state index contributed by atoms with van der Waals surface area (Å²) in [5.74, 6) is 0.246. The maximum absolute atomic E-state index is 13.1. The average Bonchev–Trinajstić information content (AvgIpc) is 2.78. The molecule has 3 heterocycles. The summed E-state index contributed by atoms with van der Waals surface area (Å²) in [6.45, 7) is 6.31. The highest BCUT2D eigenvalue weighted by molar-refractivity contribution is 5.50. The molecule has 36 heavy (non-hydrogen) atoms. The predicted octanol–water partition coefficient (Wildman–Crippen LogP) is 2.71. The van der Waals surface area contributed by atoms with Crippen LogP contribution in [-0.4, -0.2) is 70.0 Å². The second-order valence-corrected chi connectivity index (χ2v) is 8.34. The van der Waals surface area contributed by atoms with Crippen molar-refractivity contribution in [2.24, 2.45) is 0 Å². The van der Waals surface area contributed by atoms with Crippen molar-refractivity contribution in [3.63, 3.8) is 0 Å². The van der Waals surface area contributed by atoms with E-state index in [4.69, 9.17) is 0 Å². The molecule has 0 bridgehead atoms. The molecule has 1 aliphatic heterocycles. The first-order valence-electron chi connectivity index (χ1n) is 11.0. The Kier molecular flexibility index (Phi) is 8.55. The third-order valence-electron chi connectivity index (χ3n) is 5.54. The smallest absolute Gasteiger partial charge is 0.377 e. The van der Waals surface area contributed by atoms with E-state index in [1.54, 1.807) is 24.2 Å². The molecule has 0 spiro atoms. The quantitative estimate of drug-likeness (QED) is 0.278. The van der Waals surface area contributed by atoms with Gasteiger partial charge in [0.25, 0.3) is 5.56 Å². The van der Waals surface area contributed by atoms with E-state index < -0.39 is 40.8 Å². The highest BCUT2D eigenvalue weighted by Gasteiger charge is 2.37. The third kappa shape index (κ3) is 7.16. The summed E-state index contributed by atoms with van der Waals surface area (Å²) >= 11 is 0. The number of H-pyrrole nitrogens is 1. The van der Waals surface area contributed by atoms with Crippen LogP contribution in [0.5, 0.6) is 0 Å². The molecule has 2 atom stereocenters. The molecular formula is C21H26F6N8O. The van der Waals surface area contributed by atoms with Crippen LogP contribution in [0.15, 0.2) is 35.5 Å². The highest BCUT2D eigenvalue weighted by atomic mass is 19.4. The molecule has 0 aliphatic carbocycles. The molecule has 0 amide bonds. The lowest BCUT2D eigenvalue weighted by Gasteiger charge is -2.39. The summed E-state index contributed by atoms with van der Waals surface area (Å²) in [6.07, 6.45) is -3.41. The second kappa shape index (κ2) is 11.2. The lowest BCUT2D eigenvalue weighted by molar-refractivity contribution is -0.139. The van der Waals surface area contributed by atoms with Crippen molar-refractivity contribution in [1.82, 2.24) is 30.4 Å². The van der Waals surface area contributed by atoms with Crippen LogP contribution >= 0.6 is 0 Å². The molecule has 2 aromatic rings. The molecule has 15 heteroatoms. The summed E-state index contributed by atoms with van der Waals surface area (Å²) in [4.78, 5) is 23.2. The van der Waals surface area contributed by atoms with E-state index in [-0.39, 0.29) is 12.0 Å². The van der Waals surface area contributed by atoms with Gasteiger partial charge in [-0.05, 0) is 13.8 Å². The number of halogens is 6. The molecule has 0 aromatic carbocycles. The highest BCUT2D eigenvalue weighted by Crippen LogP contribution is 2.31. The van der Waals surface area contributed by atoms with Gasteiger partial charge >= 0.3 is 12.4 Å². The Bertz CT molecular complexity index is 1090. The SMILES string of the molecule is CC1CN(c2ncc(C(F)(F)F)cn2)CCN1CNC/C=C/[C@H](C)Nc1cn[nH]c(=O)c1C(F)(F)F. The number of hydrogen-bond acceptors (Lipinski definition) is 8. The maximum Gasteiger partial charge on any atom is 0.423 e. The Morgan fingerprint density at radius 2 is 1.83 bits per heavy atom. The molecule has 198 valence electrons. The Morgan fingerprint density at radius 1 is 1.14 bits per heavy atom. The number of nitrogens with one attached hydrogen (secondary N) is 3. The van der Waals surface area contributed by atoms with Gasteiger partial charge in [-0.15, -0.1) is 0 Å². The molecule has 1 unspecified atom stereocenters. The Balaban J connectivity index is 1.44. The van der Waals surface area contributed by atoms with Crippen LogP contribution in [0.2, 0.25) is 0 Å². The minimum absolute atomic E-state index is 0.0752. The normalized spacial score (nSPS) is 18.6. The summed E-state index contributed by atoms with van der Waals surface area (Å²) in [7, 11) is 0. The van der Waals surface area contributed by atoms with E-state index in [2.05, 4.69) is 30.6 Å². The number of hydrogen-bond donors (Lipinski definition) is 3. The Morgan fingerprint density at radius 3 is 2.44 bits per heavy atom. The number of aromatic amines is 1. The zero-order chi connectivity index (χ0) is 26.5. The van der Waals surface area contributed by atoms with Gasteiger partial charge in [-0.1, -0.05) is 12.2 Å². The van der Waals surface area contributed by atoms with Gasteiger partial charge in [-0.25, -0.2) is 15.1 Å². The summed E-state index contributed by atoms with van der Waals surface area (Å²) in [5.41, 5.74) is -3.94. The van der Waals surface area contributed by atoms with Gasteiger partial charge in [-0.2, -0.15) is 31.4 Å². The van der Waals surface area contributed by atoms with Crippen LogP contribution in [-0.2, 0) is 12.4 Å². The van der Waals surface area contributed by atoms with Crippen LogP contribution in [0.3, 0.4) is 0 Å². The van der Waals surface area contributed by atoms with Crippen LogP contribution in [0.1, 0.15) is 25.0 Å². The van der Waals surface area contributed by atoms with Gasteiger partial charge in [-0.3, -0.25) is 9.69 Å². The van der Waals surface area contributed by atoms with Gasteiger partial charge in [0, 0.05) is 57.3 Å². The monoisotopic (exact) mass is 520 g/mol. The average molecular weight is 520 g/mol. The number of piperazine rings is 1. The topological polar surface area (TPSA) is 102 Å². The lowest BCUT2D eigenvalue weighted by Crippen LogP contribution is -2.54. The van der Waals surface area contributed by atoms with Gasteiger partial charge in [0.2, 0.25) is 5.95 Å². The van der Waals surface area contributed by atoms with Gasteiger partial charge in [0.05, 0.1) is 17.4 Å². The first-order chi connectivity index (χ1) is 16.9. The first kappa shape index (κ1) is 27.4. The second-order valence-electron chi connectivity index (χ2n) is 8.34. The van der Waals surface area contributed by atoms with E-state index in [0.717, 1.165) is 18.6 Å². The number of nitrogens with zero attached hydrogens (tertiary/aromatic N) is 5. The van der Waals surface area contributed by atoms with Crippen molar-refractivity contribution in [3.05, 3.63) is 52.2 Å². The molecule has 1 aliphatic rings. The van der Waals surface area contributed by atoms with Crippen molar-refractivity contribution >= 4 is 11.6 Å². The summed E-state index contributed by atoms with van der Waals surface area (Å²) < 4.78 is 77.5. The van der Waals surface area contributed by atoms with Crippen molar-refractivity contribution in [3.8, 4) is 0 Å². The summed E-state index contributed by atoms with van der Waals surface area (Å²) in [5, 5.41) is 11.1. The molecule has 2 aromatic heterocycles.